The lowest BCUT2D eigenvalue weighted by Crippen LogP contribution is -2.57. The molecule has 0 spiro atoms. The monoisotopic (exact) mass is 421 g/mol. The van der Waals surface area contributed by atoms with Gasteiger partial charge in [0.25, 0.3) is 5.91 Å². The molecule has 160 valence electrons. The maximum absolute atomic E-state index is 13.3. The van der Waals surface area contributed by atoms with Gasteiger partial charge in [0.15, 0.2) is 6.61 Å². The highest BCUT2D eigenvalue weighted by Crippen LogP contribution is 2.45. The molecular weight excluding hydrogens is 390 g/mol. The van der Waals surface area contributed by atoms with E-state index in [9.17, 15) is 9.59 Å². The Balaban J connectivity index is 0.00000240. The third-order valence-corrected chi connectivity index (χ3v) is 6.77. The van der Waals surface area contributed by atoms with Gasteiger partial charge in [-0.05, 0) is 44.4 Å². The number of benzene rings is 1. The Hall–Kier alpha value is -1.79. The normalized spacial score (nSPS) is 26.4. The number of halogens is 1. The number of hydrogen-bond donors (Lipinski definition) is 1. The van der Waals surface area contributed by atoms with Crippen LogP contribution in [0.1, 0.15) is 31.2 Å². The number of carbonyl (C=O) groups is 2. The molecular formula is C22H32ClN3O3. The Kier molecular flexibility index (Phi) is 7.06. The third kappa shape index (κ3) is 4.53. The van der Waals surface area contributed by atoms with E-state index in [1.807, 2.05) is 41.0 Å². The molecule has 3 aliphatic rings. The van der Waals surface area contributed by atoms with Crippen molar-refractivity contribution in [2.75, 3.05) is 45.9 Å². The van der Waals surface area contributed by atoms with Crippen molar-refractivity contribution in [2.24, 2.45) is 11.3 Å². The molecule has 2 atom stereocenters. The van der Waals surface area contributed by atoms with Gasteiger partial charge < -0.3 is 19.9 Å². The third-order valence-electron chi connectivity index (χ3n) is 6.77. The Morgan fingerprint density at radius 3 is 2.52 bits per heavy atom. The maximum Gasteiger partial charge on any atom is 0.260 e. The molecule has 7 heteroatoms. The average molecular weight is 422 g/mol. The van der Waals surface area contributed by atoms with Crippen molar-refractivity contribution in [1.29, 1.82) is 0 Å². The zero-order chi connectivity index (χ0) is 19.6. The van der Waals surface area contributed by atoms with Crippen molar-refractivity contribution in [3.05, 3.63) is 29.8 Å². The first kappa shape index (κ1) is 21.9. The fourth-order valence-electron chi connectivity index (χ4n) is 5.01. The van der Waals surface area contributed by atoms with Gasteiger partial charge in [0, 0.05) is 32.7 Å². The number of carbonyl (C=O) groups excluding carboxylic acids is 2. The SMILES string of the molecule is Cc1ccc(OCC(=O)N2CCN(C(=O)[C@@]34CCCC[C@H]3CNC4)CC2)cc1.Cl. The molecule has 0 unspecified atom stereocenters. The Bertz CT molecular complexity index is 719. The van der Waals surface area contributed by atoms with Gasteiger partial charge in [-0.15, -0.1) is 12.4 Å². The second-order valence-corrected chi connectivity index (χ2v) is 8.50. The summed E-state index contributed by atoms with van der Waals surface area (Å²) in [6, 6.07) is 7.71. The van der Waals surface area contributed by atoms with E-state index < -0.39 is 0 Å². The zero-order valence-corrected chi connectivity index (χ0v) is 18.0. The summed E-state index contributed by atoms with van der Waals surface area (Å²) in [6.45, 7) is 6.30. The number of piperazine rings is 1. The quantitative estimate of drug-likeness (QED) is 0.809. The molecule has 1 N–H and O–H groups in total. The van der Waals surface area contributed by atoms with Crippen molar-refractivity contribution >= 4 is 24.2 Å². The van der Waals surface area contributed by atoms with Crippen LogP contribution in [0, 0.1) is 18.3 Å². The number of aryl methyl sites for hydroxylation is 1. The van der Waals surface area contributed by atoms with E-state index in [2.05, 4.69) is 5.32 Å². The molecule has 3 fully saturated rings. The fraction of sp³-hybridized carbons (Fsp3) is 0.636. The molecule has 4 rings (SSSR count). The minimum Gasteiger partial charge on any atom is -0.484 e. The number of hydrogen-bond acceptors (Lipinski definition) is 4. The van der Waals surface area contributed by atoms with E-state index in [1.54, 1.807) is 0 Å². The maximum atomic E-state index is 13.3. The van der Waals surface area contributed by atoms with Crippen LogP contribution in [0.3, 0.4) is 0 Å². The molecule has 1 aliphatic carbocycles. The Labute approximate surface area is 179 Å². The van der Waals surface area contributed by atoms with Crippen LogP contribution in [0.25, 0.3) is 0 Å². The van der Waals surface area contributed by atoms with Crippen molar-refractivity contribution < 1.29 is 14.3 Å². The molecule has 6 nitrogen and oxygen atoms in total. The molecule has 2 amide bonds. The van der Waals surface area contributed by atoms with E-state index in [4.69, 9.17) is 4.74 Å². The summed E-state index contributed by atoms with van der Waals surface area (Å²) in [5.41, 5.74) is 0.968. The van der Waals surface area contributed by atoms with Gasteiger partial charge in [0.1, 0.15) is 5.75 Å². The van der Waals surface area contributed by atoms with Crippen molar-refractivity contribution in [2.45, 2.75) is 32.6 Å². The molecule has 0 radical (unpaired) electrons. The number of nitrogens with one attached hydrogen (secondary N) is 1. The Morgan fingerprint density at radius 1 is 1.10 bits per heavy atom. The van der Waals surface area contributed by atoms with Gasteiger partial charge >= 0.3 is 0 Å². The number of nitrogens with zero attached hydrogens (tertiary/aromatic N) is 2. The summed E-state index contributed by atoms with van der Waals surface area (Å²) in [5.74, 6) is 1.49. The average Bonchev–Trinajstić information content (AvgIpc) is 3.18. The number of ether oxygens (including phenoxy) is 1. The molecule has 2 saturated heterocycles. The summed E-state index contributed by atoms with van der Waals surface area (Å²) < 4.78 is 5.62. The second-order valence-electron chi connectivity index (χ2n) is 8.50. The lowest BCUT2D eigenvalue weighted by Gasteiger charge is -2.43. The molecule has 2 aliphatic heterocycles. The predicted octanol–water partition coefficient (Wildman–Crippen LogP) is 2.25. The number of fused-ring (bicyclic) bond motifs is 1. The molecule has 1 saturated carbocycles. The van der Waals surface area contributed by atoms with Gasteiger partial charge in [-0.2, -0.15) is 0 Å². The van der Waals surface area contributed by atoms with Crippen LogP contribution in [0.5, 0.6) is 5.75 Å². The minimum atomic E-state index is -0.195. The van der Waals surface area contributed by atoms with Gasteiger partial charge in [-0.1, -0.05) is 30.5 Å². The van der Waals surface area contributed by atoms with Crippen LogP contribution >= 0.6 is 12.4 Å². The topological polar surface area (TPSA) is 61.9 Å². The molecule has 2 heterocycles. The lowest BCUT2D eigenvalue weighted by molar-refractivity contribution is -0.150. The molecule has 0 bridgehead atoms. The van der Waals surface area contributed by atoms with E-state index in [0.717, 1.165) is 37.9 Å². The summed E-state index contributed by atoms with van der Waals surface area (Å²) >= 11 is 0. The minimum absolute atomic E-state index is 0. The van der Waals surface area contributed by atoms with Crippen LogP contribution in [-0.4, -0.2) is 67.5 Å². The fourth-order valence-corrected chi connectivity index (χ4v) is 5.01. The van der Waals surface area contributed by atoms with Crippen molar-refractivity contribution in [1.82, 2.24) is 15.1 Å². The second kappa shape index (κ2) is 9.35. The largest absolute Gasteiger partial charge is 0.484 e. The van der Waals surface area contributed by atoms with Crippen LogP contribution in [-0.2, 0) is 9.59 Å². The summed E-state index contributed by atoms with van der Waals surface area (Å²) in [7, 11) is 0. The predicted molar refractivity (Wildman–Crippen MR) is 114 cm³/mol. The molecule has 29 heavy (non-hydrogen) atoms. The summed E-state index contributed by atoms with van der Waals surface area (Å²) in [5, 5.41) is 3.46. The van der Waals surface area contributed by atoms with Crippen LogP contribution in [0.2, 0.25) is 0 Å². The first-order valence-corrected chi connectivity index (χ1v) is 10.6. The van der Waals surface area contributed by atoms with Crippen molar-refractivity contribution in [3.8, 4) is 5.75 Å². The highest BCUT2D eigenvalue weighted by Gasteiger charge is 2.51. The molecule has 1 aromatic carbocycles. The van der Waals surface area contributed by atoms with Gasteiger partial charge in [0.2, 0.25) is 5.91 Å². The van der Waals surface area contributed by atoms with E-state index in [0.29, 0.717) is 43.8 Å². The Morgan fingerprint density at radius 2 is 1.79 bits per heavy atom. The van der Waals surface area contributed by atoms with Gasteiger partial charge in [-0.3, -0.25) is 9.59 Å². The van der Waals surface area contributed by atoms with E-state index in [-0.39, 0.29) is 30.3 Å². The highest BCUT2D eigenvalue weighted by molar-refractivity contribution is 5.85. The van der Waals surface area contributed by atoms with Crippen molar-refractivity contribution in [3.63, 3.8) is 0 Å². The summed E-state index contributed by atoms with van der Waals surface area (Å²) in [6.07, 6.45) is 4.56. The smallest absolute Gasteiger partial charge is 0.260 e. The lowest BCUT2D eigenvalue weighted by atomic mass is 9.67. The number of rotatable bonds is 4. The standard InChI is InChI=1S/C22H31N3O3.ClH/c1-17-5-7-19(8-6-17)28-15-20(26)24-10-12-25(13-11-24)21(27)22-9-3-2-4-18(22)14-23-16-22;/h5-8,18,23H,2-4,9-16H2,1H3;1H/t18-,22+;/m0./s1. The van der Waals surface area contributed by atoms with E-state index >= 15 is 0 Å². The molecule has 1 aromatic rings. The molecule has 0 aromatic heterocycles. The van der Waals surface area contributed by atoms with Crippen LogP contribution < -0.4 is 10.1 Å². The van der Waals surface area contributed by atoms with E-state index in [1.165, 1.54) is 6.42 Å². The number of amides is 2. The van der Waals surface area contributed by atoms with Gasteiger partial charge in [0.05, 0.1) is 5.41 Å². The van der Waals surface area contributed by atoms with Crippen LogP contribution in [0.4, 0.5) is 0 Å². The highest BCUT2D eigenvalue weighted by atomic mass is 35.5. The van der Waals surface area contributed by atoms with Gasteiger partial charge in [-0.25, -0.2) is 0 Å². The zero-order valence-electron chi connectivity index (χ0n) is 17.2. The first-order chi connectivity index (χ1) is 13.6. The first-order valence-electron chi connectivity index (χ1n) is 10.6. The van der Waals surface area contributed by atoms with Crippen LogP contribution in [0.15, 0.2) is 24.3 Å². The summed E-state index contributed by atoms with van der Waals surface area (Å²) in [4.78, 5) is 29.6.